The van der Waals surface area contributed by atoms with Gasteiger partial charge in [-0.05, 0) is 19.3 Å². The van der Waals surface area contributed by atoms with Gasteiger partial charge >= 0.3 is 0 Å². The average Bonchev–Trinajstić information content (AvgIpc) is 1.95. The minimum absolute atomic E-state index is 0.0897. The van der Waals surface area contributed by atoms with Crippen LogP contribution < -0.4 is 0 Å². The van der Waals surface area contributed by atoms with Crippen LogP contribution in [0, 0.1) is 0 Å². The molecule has 0 spiro atoms. The van der Waals surface area contributed by atoms with Gasteiger partial charge in [0.1, 0.15) is 0 Å². The SMILES string of the molecule is OCCCN(CC(F)F)C1CCC1. The summed E-state index contributed by atoms with van der Waals surface area (Å²) in [6.45, 7) is 0.558. The molecular formula is C9H17F2NO. The molecule has 1 saturated carbocycles. The topological polar surface area (TPSA) is 23.5 Å². The number of hydrogen-bond acceptors (Lipinski definition) is 2. The third-order valence-electron chi connectivity index (χ3n) is 2.57. The molecule has 78 valence electrons. The minimum Gasteiger partial charge on any atom is -0.396 e. The summed E-state index contributed by atoms with van der Waals surface area (Å²) in [5, 5.41) is 8.61. The predicted octanol–water partition coefficient (Wildman–Crippen LogP) is 1.49. The number of alkyl halides is 2. The maximum absolute atomic E-state index is 12.1. The number of rotatable bonds is 6. The fourth-order valence-electron chi connectivity index (χ4n) is 1.63. The van der Waals surface area contributed by atoms with Gasteiger partial charge in [0.25, 0.3) is 6.43 Å². The number of hydrogen-bond donors (Lipinski definition) is 1. The molecule has 0 saturated heterocycles. The Morgan fingerprint density at radius 1 is 1.38 bits per heavy atom. The Bertz CT molecular complexity index is 140. The molecule has 0 aromatic rings. The molecule has 1 rings (SSSR count). The summed E-state index contributed by atoms with van der Waals surface area (Å²) in [5.41, 5.74) is 0. The van der Waals surface area contributed by atoms with E-state index in [2.05, 4.69) is 0 Å². The molecule has 1 aliphatic carbocycles. The zero-order valence-corrected chi connectivity index (χ0v) is 7.75. The first-order valence-corrected chi connectivity index (χ1v) is 4.87. The van der Waals surface area contributed by atoms with E-state index in [-0.39, 0.29) is 13.2 Å². The zero-order valence-electron chi connectivity index (χ0n) is 7.75. The summed E-state index contributed by atoms with van der Waals surface area (Å²) in [6, 6.07) is 0.348. The van der Waals surface area contributed by atoms with Crippen LogP contribution in [0.4, 0.5) is 8.78 Å². The molecule has 1 N–H and O–H groups in total. The normalized spacial score (nSPS) is 18.2. The van der Waals surface area contributed by atoms with Crippen molar-refractivity contribution in [1.82, 2.24) is 4.90 Å². The van der Waals surface area contributed by atoms with E-state index >= 15 is 0 Å². The highest BCUT2D eigenvalue weighted by atomic mass is 19.3. The minimum atomic E-state index is -2.25. The third-order valence-corrected chi connectivity index (χ3v) is 2.57. The number of aliphatic hydroxyl groups is 1. The van der Waals surface area contributed by atoms with Gasteiger partial charge in [0.15, 0.2) is 0 Å². The van der Waals surface area contributed by atoms with Crippen LogP contribution in [0.1, 0.15) is 25.7 Å². The van der Waals surface area contributed by atoms with E-state index in [4.69, 9.17) is 5.11 Å². The molecule has 0 atom stereocenters. The molecule has 0 amide bonds. The average molecular weight is 193 g/mol. The van der Waals surface area contributed by atoms with Crippen LogP contribution in [0.25, 0.3) is 0 Å². The molecule has 1 fully saturated rings. The van der Waals surface area contributed by atoms with Crippen LogP contribution in [-0.4, -0.2) is 42.2 Å². The summed E-state index contributed by atoms with van der Waals surface area (Å²) in [7, 11) is 0. The lowest BCUT2D eigenvalue weighted by molar-refractivity contribution is 0.0382. The molecular weight excluding hydrogens is 176 g/mol. The van der Waals surface area contributed by atoms with E-state index in [9.17, 15) is 8.78 Å². The summed E-state index contributed by atoms with van der Waals surface area (Å²) in [5.74, 6) is 0. The fourth-order valence-corrected chi connectivity index (χ4v) is 1.63. The van der Waals surface area contributed by atoms with E-state index in [1.807, 2.05) is 4.90 Å². The Kier molecular flexibility index (Phi) is 4.59. The van der Waals surface area contributed by atoms with Crippen molar-refractivity contribution < 1.29 is 13.9 Å². The first-order chi connectivity index (χ1) is 6.24. The second-order valence-electron chi connectivity index (χ2n) is 3.55. The van der Waals surface area contributed by atoms with E-state index in [0.717, 1.165) is 19.3 Å². The summed E-state index contributed by atoms with van der Waals surface area (Å²) < 4.78 is 24.3. The van der Waals surface area contributed by atoms with Gasteiger partial charge in [-0.25, -0.2) is 8.78 Å². The van der Waals surface area contributed by atoms with Gasteiger partial charge in [0.2, 0.25) is 0 Å². The van der Waals surface area contributed by atoms with E-state index in [1.54, 1.807) is 0 Å². The zero-order chi connectivity index (χ0) is 9.68. The highest BCUT2D eigenvalue weighted by molar-refractivity contribution is 4.80. The van der Waals surface area contributed by atoms with Crippen LogP contribution >= 0.6 is 0 Å². The number of nitrogens with zero attached hydrogens (tertiary/aromatic N) is 1. The lowest BCUT2D eigenvalue weighted by atomic mass is 9.91. The summed E-state index contributed by atoms with van der Waals surface area (Å²) in [4.78, 5) is 1.81. The molecule has 1 aliphatic rings. The number of halogens is 2. The first kappa shape index (κ1) is 10.9. The van der Waals surface area contributed by atoms with Crippen LogP contribution in [0.3, 0.4) is 0 Å². The summed E-state index contributed by atoms with van der Waals surface area (Å²) >= 11 is 0. The van der Waals surface area contributed by atoms with Crippen LogP contribution in [0.15, 0.2) is 0 Å². The molecule has 0 heterocycles. The molecule has 0 aliphatic heterocycles. The van der Waals surface area contributed by atoms with Gasteiger partial charge in [-0.1, -0.05) is 6.42 Å². The van der Waals surface area contributed by atoms with Gasteiger partial charge in [0.05, 0.1) is 6.54 Å². The highest BCUT2D eigenvalue weighted by Crippen LogP contribution is 2.25. The Morgan fingerprint density at radius 2 is 2.08 bits per heavy atom. The maximum atomic E-state index is 12.1. The van der Waals surface area contributed by atoms with E-state index in [0.29, 0.717) is 19.0 Å². The summed E-state index contributed by atoms with van der Waals surface area (Å²) in [6.07, 6.45) is 1.59. The Balaban J connectivity index is 2.24. The van der Waals surface area contributed by atoms with Crippen molar-refractivity contribution >= 4 is 0 Å². The van der Waals surface area contributed by atoms with Gasteiger partial charge in [-0.2, -0.15) is 0 Å². The van der Waals surface area contributed by atoms with Gasteiger partial charge < -0.3 is 5.11 Å². The number of aliphatic hydroxyl groups excluding tert-OH is 1. The van der Waals surface area contributed by atoms with Gasteiger partial charge in [0, 0.05) is 19.2 Å². The standard InChI is InChI=1S/C9H17F2NO/c10-9(11)7-12(5-2-6-13)8-3-1-4-8/h8-9,13H,1-7H2. The van der Waals surface area contributed by atoms with Crippen LogP contribution in [-0.2, 0) is 0 Å². The monoisotopic (exact) mass is 193 g/mol. The first-order valence-electron chi connectivity index (χ1n) is 4.87. The largest absolute Gasteiger partial charge is 0.396 e. The second-order valence-corrected chi connectivity index (χ2v) is 3.55. The van der Waals surface area contributed by atoms with Crippen molar-refractivity contribution in [3.05, 3.63) is 0 Å². The quantitative estimate of drug-likeness (QED) is 0.690. The lowest BCUT2D eigenvalue weighted by Crippen LogP contribution is -2.43. The molecule has 4 heteroatoms. The predicted molar refractivity (Wildman–Crippen MR) is 46.9 cm³/mol. The third kappa shape index (κ3) is 3.56. The molecule has 0 aromatic heterocycles. The van der Waals surface area contributed by atoms with Crippen molar-refractivity contribution in [2.24, 2.45) is 0 Å². The molecule has 0 aromatic carbocycles. The van der Waals surface area contributed by atoms with E-state index in [1.165, 1.54) is 0 Å². The van der Waals surface area contributed by atoms with Crippen molar-refractivity contribution in [2.75, 3.05) is 19.7 Å². The lowest BCUT2D eigenvalue weighted by Gasteiger charge is -2.37. The molecule has 0 unspecified atom stereocenters. The smallest absolute Gasteiger partial charge is 0.251 e. The highest BCUT2D eigenvalue weighted by Gasteiger charge is 2.26. The van der Waals surface area contributed by atoms with Crippen LogP contribution in [0.2, 0.25) is 0 Å². The molecule has 13 heavy (non-hydrogen) atoms. The second kappa shape index (κ2) is 5.50. The van der Waals surface area contributed by atoms with Crippen molar-refractivity contribution in [3.63, 3.8) is 0 Å². The van der Waals surface area contributed by atoms with E-state index < -0.39 is 6.43 Å². The van der Waals surface area contributed by atoms with Crippen molar-refractivity contribution in [2.45, 2.75) is 38.2 Å². The maximum Gasteiger partial charge on any atom is 0.251 e. The molecule has 0 radical (unpaired) electrons. The van der Waals surface area contributed by atoms with Gasteiger partial charge in [-0.15, -0.1) is 0 Å². The Morgan fingerprint density at radius 3 is 2.46 bits per heavy atom. The molecule has 2 nitrogen and oxygen atoms in total. The van der Waals surface area contributed by atoms with Gasteiger partial charge in [-0.3, -0.25) is 4.90 Å². The van der Waals surface area contributed by atoms with Crippen molar-refractivity contribution in [1.29, 1.82) is 0 Å². The molecule has 0 bridgehead atoms. The fraction of sp³-hybridized carbons (Fsp3) is 1.00. The Hall–Kier alpha value is -0.220. The van der Waals surface area contributed by atoms with Crippen molar-refractivity contribution in [3.8, 4) is 0 Å². The van der Waals surface area contributed by atoms with Crippen LogP contribution in [0.5, 0.6) is 0 Å². The Labute approximate surface area is 77.5 Å².